The molecule has 0 radical (unpaired) electrons. The van der Waals surface area contributed by atoms with Gasteiger partial charge in [0.15, 0.2) is 0 Å². The molecular weight excluding hydrogens is 456 g/mol. The Morgan fingerprint density at radius 3 is 2.67 bits per heavy atom. The summed E-state index contributed by atoms with van der Waals surface area (Å²) in [6.07, 6.45) is 5.08. The van der Waals surface area contributed by atoms with E-state index in [-0.39, 0.29) is 12.1 Å². The van der Waals surface area contributed by atoms with E-state index in [1.165, 1.54) is 11.1 Å². The number of ether oxygens (including phenoxy) is 3. The maximum Gasteiger partial charge on any atom is 0.409 e. The molecule has 0 bridgehead atoms. The van der Waals surface area contributed by atoms with Crippen LogP contribution < -0.4 is 14.4 Å². The van der Waals surface area contributed by atoms with Gasteiger partial charge in [-0.3, -0.25) is 4.90 Å². The SMILES string of the molecule is COc1ccc(OC)c(CN2CCCCC2COC(=O)N2CCN(c3cccc4[nH]ccc34)CC2)c1. The summed E-state index contributed by atoms with van der Waals surface area (Å²) < 4.78 is 16.8. The molecule has 2 aliphatic rings. The number of nitrogens with zero attached hydrogens (tertiary/aromatic N) is 3. The normalized spacial score (nSPS) is 18.9. The van der Waals surface area contributed by atoms with Crippen LogP contribution in [0, 0.1) is 0 Å². The minimum atomic E-state index is -0.209. The van der Waals surface area contributed by atoms with E-state index in [0.29, 0.717) is 19.7 Å². The summed E-state index contributed by atoms with van der Waals surface area (Å²) in [6.45, 7) is 5.05. The zero-order chi connectivity index (χ0) is 24.9. The molecule has 2 aromatic carbocycles. The van der Waals surface area contributed by atoms with E-state index in [1.807, 2.05) is 29.3 Å². The predicted molar refractivity (Wildman–Crippen MR) is 141 cm³/mol. The Balaban J connectivity index is 1.16. The highest BCUT2D eigenvalue weighted by molar-refractivity contribution is 5.92. The number of amides is 1. The van der Waals surface area contributed by atoms with E-state index >= 15 is 0 Å². The van der Waals surface area contributed by atoms with Gasteiger partial charge in [0, 0.05) is 67.1 Å². The number of hydrogen-bond donors (Lipinski definition) is 1. The Kier molecular flexibility index (Phi) is 7.51. The van der Waals surface area contributed by atoms with E-state index in [0.717, 1.165) is 68.0 Å². The Morgan fingerprint density at radius 1 is 1.00 bits per heavy atom. The van der Waals surface area contributed by atoms with E-state index in [2.05, 4.69) is 39.0 Å². The van der Waals surface area contributed by atoms with Gasteiger partial charge in [-0.05, 0) is 55.8 Å². The number of piperidine rings is 1. The van der Waals surface area contributed by atoms with Crippen LogP contribution in [-0.2, 0) is 11.3 Å². The summed E-state index contributed by atoms with van der Waals surface area (Å²) in [4.78, 5) is 22.8. The first-order chi connectivity index (χ1) is 17.7. The molecule has 36 heavy (non-hydrogen) atoms. The molecule has 2 fully saturated rings. The fourth-order valence-electron chi connectivity index (χ4n) is 5.41. The molecular formula is C28H36N4O4. The van der Waals surface area contributed by atoms with Gasteiger partial charge < -0.3 is 29.0 Å². The third-order valence-corrected chi connectivity index (χ3v) is 7.46. The van der Waals surface area contributed by atoms with E-state index < -0.39 is 0 Å². The summed E-state index contributed by atoms with van der Waals surface area (Å²) in [5.41, 5.74) is 3.44. The fourth-order valence-corrected chi connectivity index (χ4v) is 5.41. The second kappa shape index (κ2) is 11.1. The van der Waals surface area contributed by atoms with Crippen LogP contribution in [0.4, 0.5) is 10.5 Å². The second-order valence-electron chi connectivity index (χ2n) is 9.56. The average Bonchev–Trinajstić information content (AvgIpc) is 3.42. The van der Waals surface area contributed by atoms with Gasteiger partial charge in [0.25, 0.3) is 0 Å². The van der Waals surface area contributed by atoms with Crippen molar-refractivity contribution < 1.29 is 19.0 Å². The van der Waals surface area contributed by atoms with Crippen molar-refractivity contribution in [2.24, 2.45) is 0 Å². The van der Waals surface area contributed by atoms with Crippen LogP contribution in [0.3, 0.4) is 0 Å². The molecule has 3 heterocycles. The van der Waals surface area contributed by atoms with Crippen molar-refractivity contribution in [2.45, 2.75) is 31.8 Å². The molecule has 8 heteroatoms. The number of carbonyl (C=O) groups is 1. The van der Waals surface area contributed by atoms with Crippen molar-refractivity contribution in [3.63, 3.8) is 0 Å². The zero-order valence-corrected chi connectivity index (χ0v) is 21.2. The van der Waals surface area contributed by atoms with Gasteiger partial charge in [-0.15, -0.1) is 0 Å². The molecule has 8 nitrogen and oxygen atoms in total. The Hall–Kier alpha value is -3.39. The molecule has 1 amide bonds. The quantitative estimate of drug-likeness (QED) is 0.524. The van der Waals surface area contributed by atoms with E-state index in [9.17, 15) is 4.79 Å². The lowest BCUT2D eigenvalue weighted by Gasteiger charge is -2.38. The minimum Gasteiger partial charge on any atom is -0.497 e. The van der Waals surface area contributed by atoms with Crippen LogP contribution in [0.25, 0.3) is 10.9 Å². The number of aromatic amines is 1. The molecule has 0 saturated carbocycles. The van der Waals surface area contributed by atoms with Crippen molar-refractivity contribution >= 4 is 22.7 Å². The average molecular weight is 493 g/mol. The molecule has 1 N–H and O–H groups in total. The number of H-pyrrole nitrogens is 1. The summed E-state index contributed by atoms with van der Waals surface area (Å²) in [7, 11) is 3.37. The van der Waals surface area contributed by atoms with Gasteiger partial charge in [-0.1, -0.05) is 12.5 Å². The number of nitrogens with one attached hydrogen (secondary N) is 1. The molecule has 5 rings (SSSR count). The Morgan fingerprint density at radius 2 is 1.86 bits per heavy atom. The number of fused-ring (bicyclic) bond motifs is 1. The first kappa shape index (κ1) is 24.3. The monoisotopic (exact) mass is 492 g/mol. The topological polar surface area (TPSA) is 70.3 Å². The number of anilines is 1. The lowest BCUT2D eigenvalue weighted by atomic mass is 10.0. The highest BCUT2D eigenvalue weighted by atomic mass is 16.6. The predicted octanol–water partition coefficient (Wildman–Crippen LogP) is 4.50. The number of piperazine rings is 1. The smallest absolute Gasteiger partial charge is 0.409 e. The summed E-state index contributed by atoms with van der Waals surface area (Å²) in [5.74, 6) is 1.67. The molecule has 2 aliphatic heterocycles. The second-order valence-corrected chi connectivity index (χ2v) is 9.56. The summed E-state index contributed by atoms with van der Waals surface area (Å²) in [6, 6.07) is 14.5. The minimum absolute atomic E-state index is 0.200. The molecule has 3 aromatic rings. The van der Waals surface area contributed by atoms with E-state index in [4.69, 9.17) is 14.2 Å². The third-order valence-electron chi connectivity index (χ3n) is 7.46. The van der Waals surface area contributed by atoms with Gasteiger partial charge in [0.05, 0.1) is 14.2 Å². The number of rotatable bonds is 7. The molecule has 0 spiro atoms. The highest BCUT2D eigenvalue weighted by Gasteiger charge is 2.28. The maximum atomic E-state index is 12.9. The third kappa shape index (κ3) is 5.23. The fraction of sp³-hybridized carbons (Fsp3) is 0.464. The highest BCUT2D eigenvalue weighted by Crippen LogP contribution is 2.29. The van der Waals surface area contributed by atoms with Crippen LogP contribution in [0.5, 0.6) is 11.5 Å². The largest absolute Gasteiger partial charge is 0.497 e. The lowest BCUT2D eigenvalue weighted by molar-refractivity contribution is 0.0452. The summed E-state index contributed by atoms with van der Waals surface area (Å²) in [5, 5.41) is 1.22. The first-order valence-corrected chi connectivity index (χ1v) is 12.8. The van der Waals surface area contributed by atoms with E-state index in [1.54, 1.807) is 14.2 Å². The van der Waals surface area contributed by atoms with Crippen LogP contribution >= 0.6 is 0 Å². The number of carbonyl (C=O) groups excluding carboxylic acids is 1. The molecule has 1 aromatic heterocycles. The van der Waals surface area contributed by atoms with Crippen molar-refractivity contribution in [2.75, 3.05) is 58.5 Å². The summed E-state index contributed by atoms with van der Waals surface area (Å²) >= 11 is 0. The van der Waals surface area contributed by atoms with Crippen molar-refractivity contribution in [1.82, 2.24) is 14.8 Å². The molecule has 0 aliphatic carbocycles. The standard InChI is InChI=1S/C28H36N4O4/c1-34-23-9-10-27(35-2)21(18-23)19-32-13-4-3-6-22(32)20-36-28(33)31-16-14-30(15-17-31)26-8-5-7-25-24(26)11-12-29-25/h5,7-12,18,22,29H,3-4,6,13-17,19-20H2,1-2H3. The van der Waals surface area contributed by atoms with Crippen LogP contribution in [0.2, 0.25) is 0 Å². The Labute approximate surface area is 212 Å². The molecule has 1 unspecified atom stereocenters. The van der Waals surface area contributed by atoms with Gasteiger partial charge >= 0.3 is 6.09 Å². The lowest BCUT2D eigenvalue weighted by Crippen LogP contribution is -2.50. The molecule has 192 valence electrons. The molecule has 2 saturated heterocycles. The van der Waals surface area contributed by atoms with Crippen LogP contribution in [0.1, 0.15) is 24.8 Å². The van der Waals surface area contributed by atoms with Gasteiger partial charge in [-0.25, -0.2) is 4.79 Å². The first-order valence-electron chi connectivity index (χ1n) is 12.8. The van der Waals surface area contributed by atoms with Gasteiger partial charge in [0.1, 0.15) is 18.1 Å². The van der Waals surface area contributed by atoms with Crippen molar-refractivity contribution in [3.05, 3.63) is 54.2 Å². The van der Waals surface area contributed by atoms with Gasteiger partial charge in [-0.2, -0.15) is 0 Å². The molecule has 1 atom stereocenters. The number of aromatic nitrogens is 1. The van der Waals surface area contributed by atoms with Crippen LogP contribution in [-0.4, -0.2) is 80.5 Å². The maximum absolute atomic E-state index is 12.9. The number of hydrogen-bond acceptors (Lipinski definition) is 6. The number of benzene rings is 2. The zero-order valence-electron chi connectivity index (χ0n) is 21.2. The van der Waals surface area contributed by atoms with Crippen molar-refractivity contribution in [1.29, 1.82) is 0 Å². The van der Waals surface area contributed by atoms with Crippen LogP contribution in [0.15, 0.2) is 48.7 Å². The number of likely N-dealkylation sites (tertiary alicyclic amines) is 1. The number of methoxy groups -OCH3 is 2. The van der Waals surface area contributed by atoms with Gasteiger partial charge in [0.2, 0.25) is 0 Å². The Bertz CT molecular complexity index is 1170. The van der Waals surface area contributed by atoms with Crippen molar-refractivity contribution in [3.8, 4) is 11.5 Å².